The summed E-state index contributed by atoms with van der Waals surface area (Å²) >= 11 is 14.2. The molecule has 28 heteroatoms. The maximum atomic E-state index is 13.5. The van der Waals surface area contributed by atoms with Crippen molar-refractivity contribution in [1.29, 1.82) is 0 Å². The summed E-state index contributed by atoms with van der Waals surface area (Å²) in [7, 11) is -7.98. The number of phenolic OH excluding ortho intramolecular Hbond substituents is 1. The molecule has 1 N–H and O–H groups in total. The van der Waals surface area contributed by atoms with Gasteiger partial charge in [0.2, 0.25) is 8.32 Å². The summed E-state index contributed by atoms with van der Waals surface area (Å²) < 4.78 is 87.0. The molecule has 131 heavy (non-hydrogen) atoms. The SMILES string of the molecule is C.C.CC(=O)c1ccc(O)cc1.CCCCC(=O)OC.CCCCOc1ccc(C(=O)/C=C(/CCCC)O[Si](C)(C)C)cc1.CCCCOc1ccc(C(=O)CC(=O)CCCC)cc1.CCCCOc1ccc(C(=O)c2c(CCCC)oc3ccc(CS(C)(=O)=O)cc23)cc1.CCCCOc1ccc(C(C)=O)cc1.CS(=O)(=O)N=C1C=CC(=O)C=C1.C[Si](C)(C)Cl.ClCCCBr. The number of benzene rings is 6. The number of allylic oxidation sites excluding steroid dienone is 6. The number of phenols is 1. The van der Waals surface area contributed by atoms with Gasteiger partial charge in [0.05, 0.1) is 69.0 Å². The van der Waals surface area contributed by atoms with Gasteiger partial charge in [0.15, 0.2) is 44.5 Å². The zero-order chi connectivity index (χ0) is 97.4. The van der Waals surface area contributed by atoms with E-state index in [4.69, 9.17) is 55.6 Å². The van der Waals surface area contributed by atoms with Gasteiger partial charge < -0.3 is 37.6 Å². The van der Waals surface area contributed by atoms with Crippen molar-refractivity contribution in [2.24, 2.45) is 4.40 Å². The van der Waals surface area contributed by atoms with Crippen molar-refractivity contribution in [2.45, 2.75) is 270 Å². The topological polar surface area (TPSA) is 306 Å². The van der Waals surface area contributed by atoms with Gasteiger partial charge in [0.25, 0.3) is 10.0 Å². The highest BCUT2D eigenvalue weighted by atomic mass is 79.9. The molecule has 8 rings (SSSR count). The highest BCUT2D eigenvalue weighted by Gasteiger charge is 2.24. The second-order valence-electron chi connectivity index (χ2n) is 32.1. The Morgan fingerprint density at radius 3 is 1.27 bits per heavy atom. The first kappa shape index (κ1) is 126. The number of esters is 1. The normalized spacial score (nSPS) is 11.2. The minimum atomic E-state index is -3.37. The molecule has 0 radical (unpaired) electrons. The molecule has 21 nitrogen and oxygen atoms in total. The van der Waals surface area contributed by atoms with E-state index in [-0.39, 0.29) is 84.9 Å². The van der Waals surface area contributed by atoms with E-state index in [1.807, 2.05) is 62.4 Å². The minimum absolute atomic E-state index is 0. The molecular formula is C103H152BrCl2NO20S2Si2. The number of nitrogens with zero attached hydrogens (tertiary/aromatic N) is 1. The second-order valence-corrected chi connectivity index (χ2v) is 49.1. The summed E-state index contributed by atoms with van der Waals surface area (Å²) in [5.74, 6) is 5.15. The Morgan fingerprint density at radius 1 is 0.511 bits per heavy atom. The molecule has 0 saturated carbocycles. The standard InChI is InChI=1S/C25H30O5S.C20H32O3Si.C17H24O3.C12H16O2.C8H8O2.C7H7NO3S.C6H12O2.C3H6BrCl.C3H9ClSi.2CH4/c1-4-6-8-23-24(21-16-18(17-31(3,27)28)9-14-22(21)30-23)25(26)19-10-12-20(13-11-19)29-15-7-5-2;1-6-8-10-19(23-24(3,4)5)16-20(21)17-11-13-18(14-12-17)22-15-9-7-2;1-3-5-7-15(18)13-17(19)14-8-10-16(11-9-14)20-12-6-4-2;1-3-4-9-14-12-7-5-11(6-8-12)10(2)13;1-6(9)7-2-4-8(10)5-3-7;1-12(10,11)8-6-2-4-7(9)5-3-6;1-3-4-5-6(7)8-2;4-2-1-3-5;1-5(2,3)4;;/h9-14,16H,4-8,15,17H2,1-3H3;11-14,16H,6-10,15H2,1-5H3;8-11H,3-7,12-13H2,1-2H3;5-8H,3-4,9H2,1-2H3;2-5,10H,1H3;2-5H,1H3;3-5H2,1-2H3;1-3H2;1-3H3;2*1H4/b;19-16-;;;;;;;;;. The van der Waals surface area contributed by atoms with Crippen LogP contribution < -0.4 is 18.9 Å². The predicted molar refractivity (Wildman–Crippen MR) is 551 cm³/mol. The molecule has 0 bridgehead atoms. The lowest BCUT2D eigenvalue weighted by Crippen LogP contribution is -2.25. The van der Waals surface area contributed by atoms with Crippen LogP contribution in [-0.4, -0.2) is 147 Å². The van der Waals surface area contributed by atoms with Gasteiger partial charge in [-0.25, -0.2) is 16.8 Å². The number of carbonyl (C=O) groups is 8. The van der Waals surface area contributed by atoms with Crippen LogP contribution >= 0.6 is 38.6 Å². The number of ketones is 7. The molecule has 0 fully saturated rings. The number of sulfone groups is 1. The highest BCUT2D eigenvalue weighted by molar-refractivity contribution is 9.09. The molecule has 0 spiro atoms. The third kappa shape index (κ3) is 64.6. The van der Waals surface area contributed by atoms with Crippen LogP contribution in [0.3, 0.4) is 0 Å². The fourth-order valence-corrected chi connectivity index (χ4v) is 13.5. The molecule has 0 amide bonds. The number of sulfonamides is 1. The van der Waals surface area contributed by atoms with Gasteiger partial charge in [-0.2, -0.15) is 15.5 Å². The number of furan rings is 1. The monoisotopic (exact) mass is 1990 g/mol. The molecular weight excluding hydrogens is 1840 g/mol. The number of halogens is 3. The van der Waals surface area contributed by atoms with Crippen molar-refractivity contribution < 1.29 is 92.8 Å². The van der Waals surface area contributed by atoms with Gasteiger partial charge in [-0.1, -0.05) is 163 Å². The average molecular weight is 2000 g/mol. The van der Waals surface area contributed by atoms with E-state index >= 15 is 0 Å². The minimum Gasteiger partial charge on any atom is -0.547 e. The van der Waals surface area contributed by atoms with Gasteiger partial charge in [-0.3, -0.25) is 38.4 Å². The van der Waals surface area contributed by atoms with Crippen LogP contribution in [0.15, 0.2) is 184 Å². The number of carbonyl (C=O) groups excluding carboxylic acids is 8. The molecule has 1 aliphatic rings. The number of Topliss-reactive ketones (excluding diaryl/α,β-unsaturated/α-hetero) is 4. The summed E-state index contributed by atoms with van der Waals surface area (Å²) in [6, 6.07) is 40.3. The maximum Gasteiger partial charge on any atom is 0.305 e. The van der Waals surface area contributed by atoms with E-state index in [0.717, 1.165) is 181 Å². The van der Waals surface area contributed by atoms with Crippen molar-refractivity contribution in [3.05, 3.63) is 220 Å². The predicted octanol–water partition coefficient (Wildman–Crippen LogP) is 27.3. The quantitative estimate of drug-likeness (QED) is 0.00354. The van der Waals surface area contributed by atoms with Crippen LogP contribution in [0, 0.1) is 0 Å². The van der Waals surface area contributed by atoms with Crippen LogP contribution in [0.2, 0.25) is 39.3 Å². The third-order valence-corrected chi connectivity index (χ3v) is 20.4. The van der Waals surface area contributed by atoms with Crippen molar-refractivity contribution in [3.8, 4) is 28.7 Å². The van der Waals surface area contributed by atoms with Crippen LogP contribution in [0.25, 0.3) is 11.0 Å². The average Bonchev–Trinajstić information content (AvgIpc) is 1.63. The zero-order valence-electron chi connectivity index (χ0n) is 79.8. The first-order chi connectivity index (χ1) is 61.0. The van der Waals surface area contributed by atoms with Gasteiger partial charge in [-0.05, 0) is 255 Å². The Balaban J connectivity index is -0.00000148. The van der Waals surface area contributed by atoms with Gasteiger partial charge >= 0.3 is 5.97 Å². The fourth-order valence-electron chi connectivity index (χ4n) is 10.5. The van der Waals surface area contributed by atoms with Gasteiger partial charge in [0.1, 0.15) is 53.3 Å². The van der Waals surface area contributed by atoms with E-state index < -0.39 is 35.6 Å². The summed E-state index contributed by atoms with van der Waals surface area (Å²) in [5, 5.41) is 10.5. The number of rotatable bonds is 44. The third-order valence-electron chi connectivity index (χ3n) is 17.3. The van der Waals surface area contributed by atoms with Crippen LogP contribution in [0.5, 0.6) is 28.7 Å². The van der Waals surface area contributed by atoms with Crippen molar-refractivity contribution in [3.63, 3.8) is 0 Å². The first-order valence-corrected chi connectivity index (χ1v) is 58.0. The smallest absolute Gasteiger partial charge is 0.305 e. The summed E-state index contributed by atoms with van der Waals surface area (Å²) in [6.07, 6.45) is 29.1. The van der Waals surface area contributed by atoms with Crippen molar-refractivity contribution in [2.75, 3.05) is 57.3 Å². The number of aromatic hydroxyl groups is 1. The summed E-state index contributed by atoms with van der Waals surface area (Å²) in [5.41, 5.74) is 5.21. The molecule has 7 aromatic rings. The largest absolute Gasteiger partial charge is 0.547 e. The molecule has 1 aliphatic carbocycles. The number of fused-ring (bicyclic) bond motifs is 1. The first-order valence-electron chi connectivity index (χ1n) is 44.5. The van der Waals surface area contributed by atoms with Crippen LogP contribution in [0.1, 0.15) is 288 Å². The van der Waals surface area contributed by atoms with Gasteiger partial charge in [0, 0.05) is 82.4 Å². The number of hydrogen-bond acceptors (Lipinski definition) is 20. The molecule has 1 aromatic heterocycles. The van der Waals surface area contributed by atoms with Gasteiger partial charge in [-0.15, -0.1) is 11.6 Å². The summed E-state index contributed by atoms with van der Waals surface area (Å²) in [6.45, 7) is 35.4. The van der Waals surface area contributed by atoms with Crippen LogP contribution in [0.4, 0.5) is 0 Å². The number of methoxy groups -OCH3 is 1. The number of hydrogen-bond donors (Lipinski definition) is 1. The van der Waals surface area contributed by atoms with E-state index in [9.17, 15) is 55.2 Å². The van der Waals surface area contributed by atoms with E-state index in [0.29, 0.717) is 82.6 Å². The van der Waals surface area contributed by atoms with Crippen molar-refractivity contribution in [1.82, 2.24) is 0 Å². The fraction of sp³-hybridized carbons (Fsp3) is 0.485. The molecule has 0 aliphatic heterocycles. The maximum absolute atomic E-state index is 13.5. The van der Waals surface area contributed by atoms with Crippen molar-refractivity contribution >= 4 is 137 Å². The lowest BCUT2D eigenvalue weighted by molar-refractivity contribution is -0.140. The Morgan fingerprint density at radius 2 is 0.901 bits per heavy atom. The Labute approximate surface area is 805 Å². The Bertz CT molecular complexity index is 4760. The van der Waals surface area contributed by atoms with E-state index in [1.165, 1.54) is 56.7 Å². The Kier molecular flexibility index (Phi) is 70.0. The molecule has 0 unspecified atom stereocenters. The zero-order valence-corrected chi connectivity index (χ0v) is 86.5. The Hall–Kier alpha value is -8.90. The molecule has 0 atom stereocenters. The van der Waals surface area contributed by atoms with E-state index in [2.05, 4.69) is 106 Å². The number of alkyl halides is 2. The molecule has 6 aromatic carbocycles. The molecule has 730 valence electrons. The van der Waals surface area contributed by atoms with Crippen LogP contribution in [-0.2, 0) is 55.6 Å². The number of ether oxygens (including phenoxy) is 5. The highest BCUT2D eigenvalue weighted by Crippen LogP contribution is 2.32. The number of unbranched alkanes of at least 4 members (excludes halogenated alkanes) is 8. The second kappa shape index (κ2) is 72.6. The lowest BCUT2D eigenvalue weighted by Gasteiger charge is -2.21. The van der Waals surface area contributed by atoms with E-state index in [1.54, 1.807) is 91.9 Å². The molecule has 0 saturated heterocycles. The lowest BCUT2D eigenvalue weighted by atomic mass is 9.97. The summed E-state index contributed by atoms with van der Waals surface area (Å²) in [4.78, 5) is 92.1. The molecule has 1 heterocycles. The number of aryl methyl sites for hydroxylation is 1.